The molecule has 2 rings (SSSR count). The molecule has 106 valence electrons. The first-order valence-electron chi connectivity index (χ1n) is 6.08. The molecule has 0 spiro atoms. The normalized spacial score (nSPS) is 10.6. The Kier molecular flexibility index (Phi) is 4.57. The summed E-state index contributed by atoms with van der Waals surface area (Å²) in [5.74, 6) is -2.94. The molecule has 0 aliphatic carbocycles. The summed E-state index contributed by atoms with van der Waals surface area (Å²) in [7, 11) is 0. The maximum atomic E-state index is 14.1. The Bertz CT molecular complexity index is 605. The molecule has 1 N–H and O–H groups in total. The van der Waals surface area contributed by atoms with Crippen molar-refractivity contribution in [1.29, 1.82) is 0 Å². The Morgan fingerprint density at radius 1 is 1.20 bits per heavy atom. The molecule has 0 radical (unpaired) electrons. The quantitative estimate of drug-likeness (QED) is 0.912. The summed E-state index contributed by atoms with van der Waals surface area (Å²) >= 11 is 0. The SMILES string of the molecule is CCNCc1ccnc(Oc2ccc(F)cc2F)c1F. The highest BCUT2D eigenvalue weighted by Crippen LogP contribution is 2.26. The monoisotopic (exact) mass is 282 g/mol. The number of pyridine rings is 1. The van der Waals surface area contributed by atoms with Gasteiger partial charge in [-0.05, 0) is 24.7 Å². The van der Waals surface area contributed by atoms with Gasteiger partial charge in [-0.3, -0.25) is 0 Å². The fourth-order valence-corrected chi connectivity index (χ4v) is 1.59. The number of aromatic nitrogens is 1. The van der Waals surface area contributed by atoms with E-state index < -0.39 is 17.5 Å². The van der Waals surface area contributed by atoms with Gasteiger partial charge in [0.2, 0.25) is 0 Å². The third-order valence-corrected chi connectivity index (χ3v) is 2.60. The van der Waals surface area contributed by atoms with E-state index in [1.165, 1.54) is 12.3 Å². The van der Waals surface area contributed by atoms with Crippen LogP contribution in [0.3, 0.4) is 0 Å². The van der Waals surface area contributed by atoms with Gasteiger partial charge in [-0.25, -0.2) is 18.2 Å². The highest BCUT2D eigenvalue weighted by atomic mass is 19.1. The fourth-order valence-electron chi connectivity index (χ4n) is 1.59. The summed E-state index contributed by atoms with van der Waals surface area (Å²) in [6, 6.07) is 4.28. The Balaban J connectivity index is 2.24. The molecule has 0 bridgehead atoms. The van der Waals surface area contributed by atoms with Crippen molar-refractivity contribution in [1.82, 2.24) is 10.3 Å². The van der Waals surface area contributed by atoms with Gasteiger partial charge in [-0.2, -0.15) is 0 Å². The maximum Gasteiger partial charge on any atom is 0.256 e. The van der Waals surface area contributed by atoms with Gasteiger partial charge in [0.05, 0.1) is 0 Å². The predicted molar refractivity (Wildman–Crippen MR) is 68.0 cm³/mol. The van der Waals surface area contributed by atoms with E-state index in [0.29, 0.717) is 24.7 Å². The van der Waals surface area contributed by atoms with Crippen LogP contribution in [-0.2, 0) is 6.54 Å². The number of halogens is 3. The minimum Gasteiger partial charge on any atom is -0.433 e. The van der Waals surface area contributed by atoms with E-state index in [9.17, 15) is 13.2 Å². The van der Waals surface area contributed by atoms with Gasteiger partial charge in [0.25, 0.3) is 5.88 Å². The molecule has 20 heavy (non-hydrogen) atoms. The first-order chi connectivity index (χ1) is 9.61. The average molecular weight is 282 g/mol. The van der Waals surface area contributed by atoms with E-state index in [0.717, 1.165) is 12.1 Å². The second-order valence-corrected chi connectivity index (χ2v) is 4.05. The Labute approximate surface area is 114 Å². The molecule has 0 atom stereocenters. The number of ether oxygens (including phenoxy) is 1. The molecule has 3 nitrogen and oxygen atoms in total. The summed E-state index contributed by atoms with van der Waals surface area (Å²) in [5, 5.41) is 2.97. The van der Waals surface area contributed by atoms with Crippen LogP contribution < -0.4 is 10.1 Å². The minimum atomic E-state index is -0.914. The third-order valence-electron chi connectivity index (χ3n) is 2.60. The maximum absolute atomic E-state index is 14.1. The second kappa shape index (κ2) is 6.38. The smallest absolute Gasteiger partial charge is 0.256 e. The van der Waals surface area contributed by atoms with Gasteiger partial charge in [0.1, 0.15) is 5.82 Å². The topological polar surface area (TPSA) is 34.2 Å². The lowest BCUT2D eigenvalue weighted by molar-refractivity contribution is 0.392. The molecule has 0 saturated carbocycles. The Hall–Kier alpha value is -2.08. The van der Waals surface area contributed by atoms with E-state index in [2.05, 4.69) is 10.3 Å². The molecule has 0 aliphatic heterocycles. The van der Waals surface area contributed by atoms with E-state index in [1.807, 2.05) is 6.92 Å². The minimum absolute atomic E-state index is 0.279. The van der Waals surface area contributed by atoms with E-state index in [1.54, 1.807) is 0 Å². The van der Waals surface area contributed by atoms with Gasteiger partial charge in [0.15, 0.2) is 17.4 Å². The Morgan fingerprint density at radius 3 is 2.70 bits per heavy atom. The number of benzene rings is 1. The van der Waals surface area contributed by atoms with Crippen LogP contribution in [0.15, 0.2) is 30.5 Å². The lowest BCUT2D eigenvalue weighted by Crippen LogP contribution is -2.13. The van der Waals surface area contributed by atoms with Gasteiger partial charge in [-0.1, -0.05) is 6.92 Å². The van der Waals surface area contributed by atoms with Crippen LogP contribution in [0.1, 0.15) is 12.5 Å². The zero-order valence-electron chi connectivity index (χ0n) is 10.8. The molecule has 1 aromatic carbocycles. The van der Waals surface area contributed by atoms with Crippen molar-refractivity contribution in [2.24, 2.45) is 0 Å². The van der Waals surface area contributed by atoms with Crippen LogP contribution in [0, 0.1) is 17.5 Å². The zero-order valence-corrected chi connectivity index (χ0v) is 10.8. The first-order valence-corrected chi connectivity index (χ1v) is 6.08. The predicted octanol–water partition coefficient (Wildman–Crippen LogP) is 3.40. The van der Waals surface area contributed by atoms with Crippen LogP contribution in [-0.4, -0.2) is 11.5 Å². The lowest BCUT2D eigenvalue weighted by Gasteiger charge is -2.09. The van der Waals surface area contributed by atoms with Gasteiger partial charge >= 0.3 is 0 Å². The van der Waals surface area contributed by atoms with Crippen LogP contribution in [0.5, 0.6) is 11.6 Å². The molecule has 0 fully saturated rings. The molecule has 0 unspecified atom stereocenters. The van der Waals surface area contributed by atoms with Crippen molar-refractivity contribution in [2.75, 3.05) is 6.54 Å². The average Bonchev–Trinajstić information content (AvgIpc) is 2.42. The van der Waals surface area contributed by atoms with Crippen LogP contribution >= 0.6 is 0 Å². The highest BCUT2D eigenvalue weighted by molar-refractivity contribution is 5.31. The van der Waals surface area contributed by atoms with Crippen molar-refractivity contribution in [3.63, 3.8) is 0 Å². The Morgan fingerprint density at radius 2 is 2.00 bits per heavy atom. The number of nitrogens with zero attached hydrogens (tertiary/aromatic N) is 1. The van der Waals surface area contributed by atoms with Crippen molar-refractivity contribution in [2.45, 2.75) is 13.5 Å². The molecule has 0 saturated heterocycles. The summed E-state index contributed by atoms with van der Waals surface area (Å²) < 4.78 is 45.3. The summed E-state index contributed by atoms with van der Waals surface area (Å²) in [6.07, 6.45) is 1.37. The van der Waals surface area contributed by atoms with Crippen molar-refractivity contribution in [3.05, 3.63) is 53.5 Å². The molecule has 1 heterocycles. The van der Waals surface area contributed by atoms with Gasteiger partial charge in [-0.15, -0.1) is 0 Å². The molecule has 1 aromatic heterocycles. The van der Waals surface area contributed by atoms with Crippen molar-refractivity contribution in [3.8, 4) is 11.6 Å². The van der Waals surface area contributed by atoms with Gasteiger partial charge in [0, 0.05) is 24.4 Å². The lowest BCUT2D eigenvalue weighted by atomic mass is 10.2. The van der Waals surface area contributed by atoms with E-state index in [-0.39, 0.29) is 11.6 Å². The summed E-state index contributed by atoms with van der Waals surface area (Å²) in [4.78, 5) is 3.72. The summed E-state index contributed by atoms with van der Waals surface area (Å²) in [5.41, 5.74) is 0.361. The van der Waals surface area contributed by atoms with Crippen molar-refractivity contribution < 1.29 is 17.9 Å². The molecular weight excluding hydrogens is 269 g/mol. The van der Waals surface area contributed by atoms with Crippen LogP contribution in [0.4, 0.5) is 13.2 Å². The van der Waals surface area contributed by atoms with Gasteiger partial charge < -0.3 is 10.1 Å². The number of hydrogen-bond acceptors (Lipinski definition) is 3. The molecule has 6 heteroatoms. The fraction of sp³-hybridized carbons (Fsp3) is 0.214. The van der Waals surface area contributed by atoms with E-state index in [4.69, 9.17) is 4.74 Å². The number of hydrogen-bond donors (Lipinski definition) is 1. The second-order valence-electron chi connectivity index (χ2n) is 4.05. The first kappa shape index (κ1) is 14.3. The van der Waals surface area contributed by atoms with Crippen molar-refractivity contribution >= 4 is 0 Å². The largest absolute Gasteiger partial charge is 0.433 e. The third kappa shape index (κ3) is 3.27. The molecule has 0 amide bonds. The highest BCUT2D eigenvalue weighted by Gasteiger charge is 2.14. The standard InChI is InChI=1S/C14H13F3N2O/c1-2-18-8-9-5-6-19-14(13(9)17)20-12-4-3-10(15)7-11(12)16/h3-7,18H,2,8H2,1H3. The van der Waals surface area contributed by atoms with Crippen LogP contribution in [0.2, 0.25) is 0 Å². The summed E-state index contributed by atoms with van der Waals surface area (Å²) in [6.45, 7) is 2.89. The number of rotatable bonds is 5. The molecule has 2 aromatic rings. The number of nitrogens with one attached hydrogen (secondary N) is 1. The van der Waals surface area contributed by atoms with Crippen LogP contribution in [0.25, 0.3) is 0 Å². The molecule has 0 aliphatic rings. The zero-order chi connectivity index (χ0) is 14.5. The van der Waals surface area contributed by atoms with E-state index >= 15 is 0 Å². The molecular formula is C14H13F3N2O.